The van der Waals surface area contributed by atoms with Gasteiger partial charge in [-0.1, -0.05) is 84.6 Å². The molecule has 0 aliphatic carbocycles. The first kappa shape index (κ1) is 23.4. The van der Waals surface area contributed by atoms with E-state index in [1.165, 1.54) is 16.7 Å². The van der Waals surface area contributed by atoms with Crippen LogP contribution in [-0.4, -0.2) is 51.4 Å². The Morgan fingerprint density at radius 3 is 2.00 bits per heavy atom. The van der Waals surface area contributed by atoms with Crippen molar-refractivity contribution in [1.29, 1.82) is 0 Å². The molecule has 0 saturated carbocycles. The van der Waals surface area contributed by atoms with Crippen molar-refractivity contribution in [3.63, 3.8) is 0 Å². The topological polar surface area (TPSA) is 41.4 Å². The van der Waals surface area contributed by atoms with Crippen molar-refractivity contribution < 1.29 is 4.79 Å². The third-order valence-electron chi connectivity index (χ3n) is 6.54. The van der Waals surface area contributed by atoms with Gasteiger partial charge in [-0.05, 0) is 28.8 Å². The van der Waals surface area contributed by atoms with Gasteiger partial charge in [0.2, 0.25) is 0 Å². The van der Waals surface area contributed by atoms with Crippen LogP contribution in [0, 0.1) is 0 Å². The predicted octanol–water partition coefficient (Wildman–Crippen LogP) is 5.26. The fourth-order valence-corrected chi connectivity index (χ4v) is 5.52. The lowest BCUT2D eigenvalue weighted by Crippen LogP contribution is -2.49. The minimum absolute atomic E-state index is 0.115. The minimum Gasteiger partial charge on any atom is -0.336 e. The van der Waals surface area contributed by atoms with E-state index in [4.69, 9.17) is 0 Å². The highest BCUT2D eigenvalue weighted by molar-refractivity contribution is 7.98. The summed E-state index contributed by atoms with van der Waals surface area (Å²) in [5.74, 6) is 0.946. The number of imidazole rings is 1. The third kappa shape index (κ3) is 5.50. The Hall–Kier alpha value is -3.35. The molecule has 0 unspecified atom stereocenters. The fraction of sp³-hybridized carbons (Fsp3) is 0.241. The molecule has 5 rings (SSSR count). The molecule has 6 heteroatoms. The summed E-state index contributed by atoms with van der Waals surface area (Å²) in [5.41, 5.74) is 4.52. The Morgan fingerprint density at radius 2 is 1.46 bits per heavy atom. The predicted molar refractivity (Wildman–Crippen MR) is 141 cm³/mol. The summed E-state index contributed by atoms with van der Waals surface area (Å²) < 4.78 is 2.02. The van der Waals surface area contributed by atoms with Crippen molar-refractivity contribution in [2.45, 2.75) is 17.0 Å². The summed E-state index contributed by atoms with van der Waals surface area (Å²) in [6.07, 6.45) is 3.76. The molecule has 0 bridgehead atoms. The van der Waals surface area contributed by atoms with Crippen LogP contribution in [0.3, 0.4) is 0 Å². The number of rotatable bonds is 7. The van der Waals surface area contributed by atoms with E-state index in [0.29, 0.717) is 0 Å². The summed E-state index contributed by atoms with van der Waals surface area (Å²) in [5, 5.41) is 0.993. The fourth-order valence-electron chi connectivity index (χ4n) is 4.63. The monoisotopic (exact) mass is 482 g/mol. The van der Waals surface area contributed by atoms with E-state index in [0.717, 1.165) is 42.7 Å². The number of benzene rings is 3. The van der Waals surface area contributed by atoms with Crippen LogP contribution in [0.15, 0.2) is 102 Å². The molecule has 1 fully saturated rings. The van der Waals surface area contributed by atoms with Crippen LogP contribution in [0.25, 0.3) is 0 Å². The van der Waals surface area contributed by atoms with Gasteiger partial charge in [0.25, 0.3) is 5.91 Å². The van der Waals surface area contributed by atoms with Crippen molar-refractivity contribution >= 4 is 17.7 Å². The molecule has 1 saturated heterocycles. The third-order valence-corrected chi connectivity index (χ3v) is 7.67. The first-order chi connectivity index (χ1) is 17.2. The number of nitrogens with zero attached hydrogens (tertiary/aromatic N) is 4. The van der Waals surface area contributed by atoms with E-state index in [1.54, 1.807) is 11.8 Å². The van der Waals surface area contributed by atoms with Crippen LogP contribution < -0.4 is 0 Å². The van der Waals surface area contributed by atoms with Crippen LogP contribution >= 0.6 is 11.8 Å². The molecule has 0 spiro atoms. The number of carbonyl (C=O) groups is 1. The summed E-state index contributed by atoms with van der Waals surface area (Å²) in [7, 11) is 2.00. The van der Waals surface area contributed by atoms with Gasteiger partial charge in [-0.15, -0.1) is 0 Å². The van der Waals surface area contributed by atoms with Gasteiger partial charge >= 0.3 is 0 Å². The molecule has 2 heterocycles. The van der Waals surface area contributed by atoms with Gasteiger partial charge in [0, 0.05) is 56.9 Å². The maximum atomic E-state index is 13.2. The molecule has 1 aliphatic rings. The second kappa shape index (κ2) is 10.9. The van der Waals surface area contributed by atoms with Crippen LogP contribution in [-0.2, 0) is 12.8 Å². The van der Waals surface area contributed by atoms with Crippen molar-refractivity contribution in [1.82, 2.24) is 19.4 Å². The van der Waals surface area contributed by atoms with Crippen LogP contribution in [0.2, 0.25) is 0 Å². The maximum Gasteiger partial charge on any atom is 0.253 e. The molecule has 5 nitrogen and oxygen atoms in total. The summed E-state index contributed by atoms with van der Waals surface area (Å²) in [6, 6.07) is 29.5. The zero-order valence-electron chi connectivity index (χ0n) is 20.0. The zero-order valence-corrected chi connectivity index (χ0v) is 20.8. The molecule has 178 valence electrons. The molecule has 4 aromatic rings. The lowest BCUT2D eigenvalue weighted by molar-refractivity contribution is 0.0597. The van der Waals surface area contributed by atoms with Crippen LogP contribution in [0.5, 0.6) is 0 Å². The highest BCUT2D eigenvalue weighted by Crippen LogP contribution is 2.29. The lowest BCUT2D eigenvalue weighted by Gasteiger charge is -2.39. The summed E-state index contributed by atoms with van der Waals surface area (Å²) in [6.45, 7) is 3.15. The Morgan fingerprint density at radius 1 is 0.857 bits per heavy atom. The van der Waals surface area contributed by atoms with Gasteiger partial charge in [0.15, 0.2) is 5.16 Å². The number of amides is 1. The van der Waals surface area contributed by atoms with Gasteiger partial charge in [0.05, 0.1) is 6.04 Å². The number of thioether (sulfide) groups is 1. The Bertz CT molecular complexity index is 1190. The standard InChI is InChI=1S/C29H30N4OS/c1-31-17-16-30-29(31)35-22-23-12-14-26(15-13-23)28(34)33-20-18-32(19-21-33)27(24-8-4-2-5-9-24)25-10-6-3-7-11-25/h2-17,27H,18-22H2,1H3. The highest BCUT2D eigenvalue weighted by Gasteiger charge is 2.28. The largest absolute Gasteiger partial charge is 0.336 e. The van der Waals surface area contributed by atoms with Gasteiger partial charge in [-0.2, -0.15) is 0 Å². The molecule has 35 heavy (non-hydrogen) atoms. The number of hydrogen-bond acceptors (Lipinski definition) is 4. The first-order valence-electron chi connectivity index (χ1n) is 12.0. The quantitative estimate of drug-likeness (QED) is 0.337. The average molecular weight is 483 g/mol. The first-order valence-corrected chi connectivity index (χ1v) is 13.0. The lowest BCUT2D eigenvalue weighted by atomic mass is 9.96. The smallest absolute Gasteiger partial charge is 0.253 e. The van der Waals surface area contributed by atoms with E-state index < -0.39 is 0 Å². The highest BCUT2D eigenvalue weighted by atomic mass is 32.2. The summed E-state index contributed by atoms with van der Waals surface area (Å²) >= 11 is 1.70. The van der Waals surface area contributed by atoms with E-state index in [9.17, 15) is 4.79 Å². The SMILES string of the molecule is Cn1ccnc1SCc1ccc(C(=O)N2CCN(C(c3ccccc3)c3ccccc3)CC2)cc1. The number of hydrogen-bond donors (Lipinski definition) is 0. The van der Waals surface area contributed by atoms with Crippen molar-refractivity contribution in [3.8, 4) is 0 Å². The van der Waals surface area contributed by atoms with Gasteiger partial charge < -0.3 is 9.47 Å². The van der Waals surface area contributed by atoms with Gasteiger partial charge in [-0.25, -0.2) is 4.98 Å². The van der Waals surface area contributed by atoms with Crippen molar-refractivity contribution in [2.75, 3.05) is 26.2 Å². The Labute approximate surface area is 211 Å². The minimum atomic E-state index is 0.115. The van der Waals surface area contributed by atoms with E-state index in [1.807, 2.05) is 41.0 Å². The molecule has 1 amide bonds. The number of aromatic nitrogens is 2. The molecule has 0 radical (unpaired) electrons. The molecule has 1 aliphatic heterocycles. The molecular formula is C29H30N4OS. The van der Waals surface area contributed by atoms with Gasteiger partial charge in [-0.3, -0.25) is 9.69 Å². The number of piperazine rings is 1. The molecule has 0 atom stereocenters. The van der Waals surface area contributed by atoms with Gasteiger partial charge in [0.1, 0.15) is 0 Å². The van der Waals surface area contributed by atoms with Crippen LogP contribution in [0.4, 0.5) is 0 Å². The Kier molecular flexibility index (Phi) is 7.31. The normalized spacial score (nSPS) is 14.4. The van der Waals surface area contributed by atoms with E-state index in [2.05, 4.69) is 82.7 Å². The van der Waals surface area contributed by atoms with Crippen molar-refractivity contribution in [3.05, 3.63) is 120 Å². The second-order valence-corrected chi connectivity index (χ2v) is 9.80. The molecule has 3 aromatic carbocycles. The summed E-state index contributed by atoms with van der Waals surface area (Å²) in [4.78, 5) is 22.0. The molecule has 0 N–H and O–H groups in total. The zero-order chi connectivity index (χ0) is 24.0. The maximum absolute atomic E-state index is 13.2. The van der Waals surface area contributed by atoms with E-state index >= 15 is 0 Å². The van der Waals surface area contributed by atoms with E-state index in [-0.39, 0.29) is 11.9 Å². The number of carbonyl (C=O) groups excluding carboxylic acids is 1. The number of aryl methyl sites for hydroxylation is 1. The second-order valence-electron chi connectivity index (χ2n) is 8.86. The Balaban J connectivity index is 1.21. The van der Waals surface area contributed by atoms with Crippen molar-refractivity contribution in [2.24, 2.45) is 7.05 Å². The van der Waals surface area contributed by atoms with Crippen LogP contribution in [0.1, 0.15) is 33.1 Å². The average Bonchev–Trinajstić information content (AvgIpc) is 3.34. The molecule has 1 aromatic heterocycles. The molecular weight excluding hydrogens is 452 g/mol.